The van der Waals surface area contributed by atoms with Crippen molar-refractivity contribution in [3.63, 3.8) is 0 Å². The first-order valence-corrected chi connectivity index (χ1v) is 8.49. The van der Waals surface area contributed by atoms with Crippen molar-refractivity contribution >= 4 is 54.6 Å². The lowest BCUT2D eigenvalue weighted by atomic mass is 10.1. The lowest BCUT2D eigenvalue weighted by molar-refractivity contribution is 0.950. The summed E-state index contributed by atoms with van der Waals surface area (Å²) >= 11 is 13.1. The van der Waals surface area contributed by atoms with Gasteiger partial charge in [-0.15, -0.1) is 11.6 Å². The van der Waals surface area contributed by atoms with Crippen molar-refractivity contribution in [1.82, 2.24) is 14.5 Å². The highest BCUT2D eigenvalue weighted by Crippen LogP contribution is 2.29. The average molecular weight is 430 g/mol. The summed E-state index contributed by atoms with van der Waals surface area (Å²) in [6.07, 6.45) is 1.78. The van der Waals surface area contributed by atoms with E-state index in [2.05, 4.69) is 67.8 Å². The first-order chi connectivity index (χ1) is 10.0. The molecule has 108 valence electrons. The van der Waals surface area contributed by atoms with Gasteiger partial charge in [0.15, 0.2) is 5.65 Å². The molecule has 0 radical (unpaired) electrons. The van der Waals surface area contributed by atoms with Crippen LogP contribution in [-0.2, 0) is 5.88 Å². The molecule has 1 aromatic carbocycles. The third-order valence-corrected chi connectivity index (χ3v) is 4.46. The van der Waals surface area contributed by atoms with Crippen molar-refractivity contribution in [3.8, 4) is 5.69 Å². The van der Waals surface area contributed by atoms with Crippen molar-refractivity contribution < 1.29 is 0 Å². The minimum Gasteiger partial charge on any atom is -0.279 e. The fraction of sp³-hybridized carbons (Fsp3) is 0.200. The highest BCUT2D eigenvalue weighted by molar-refractivity contribution is 9.10. The Morgan fingerprint density at radius 3 is 2.38 bits per heavy atom. The number of hydrogen-bond donors (Lipinski definition) is 0. The summed E-state index contributed by atoms with van der Waals surface area (Å²) in [6, 6.07) is 6.13. The summed E-state index contributed by atoms with van der Waals surface area (Å²) in [6.45, 7) is 4.16. The number of pyridine rings is 1. The number of fused-ring (bicyclic) bond motifs is 1. The maximum atomic E-state index is 6.10. The number of imidazole rings is 1. The van der Waals surface area contributed by atoms with Crippen LogP contribution >= 0.6 is 43.5 Å². The minimum atomic E-state index is 0.336. The monoisotopic (exact) mass is 427 g/mol. The van der Waals surface area contributed by atoms with Crippen LogP contribution in [0.2, 0.25) is 0 Å². The molecular weight excluding hydrogens is 417 g/mol. The molecule has 0 N–H and O–H groups in total. The fourth-order valence-electron chi connectivity index (χ4n) is 2.57. The van der Waals surface area contributed by atoms with E-state index in [1.165, 1.54) is 0 Å². The van der Waals surface area contributed by atoms with Gasteiger partial charge in [-0.05, 0) is 59.1 Å². The van der Waals surface area contributed by atoms with Crippen LogP contribution in [0.3, 0.4) is 0 Å². The van der Waals surface area contributed by atoms with Crippen LogP contribution < -0.4 is 0 Å². The van der Waals surface area contributed by atoms with Crippen LogP contribution in [-0.4, -0.2) is 14.5 Å². The van der Waals surface area contributed by atoms with Gasteiger partial charge < -0.3 is 0 Å². The molecule has 0 saturated carbocycles. The van der Waals surface area contributed by atoms with E-state index < -0.39 is 0 Å². The van der Waals surface area contributed by atoms with Gasteiger partial charge in [0.2, 0.25) is 0 Å². The molecule has 0 fully saturated rings. The Kier molecular flexibility index (Phi) is 4.08. The van der Waals surface area contributed by atoms with Gasteiger partial charge >= 0.3 is 0 Å². The van der Waals surface area contributed by atoms with Crippen molar-refractivity contribution in [2.24, 2.45) is 0 Å². The van der Waals surface area contributed by atoms with Gasteiger partial charge in [-0.2, -0.15) is 0 Å². The van der Waals surface area contributed by atoms with E-state index in [9.17, 15) is 0 Å². The van der Waals surface area contributed by atoms with E-state index in [-0.39, 0.29) is 0 Å². The van der Waals surface area contributed by atoms with E-state index in [4.69, 9.17) is 11.6 Å². The first-order valence-electron chi connectivity index (χ1n) is 6.37. The highest BCUT2D eigenvalue weighted by Gasteiger charge is 2.17. The summed E-state index contributed by atoms with van der Waals surface area (Å²) in [5.41, 5.74) is 5.05. The molecule has 6 heteroatoms. The number of alkyl halides is 1. The maximum Gasteiger partial charge on any atom is 0.164 e. The van der Waals surface area contributed by atoms with Gasteiger partial charge in [-0.3, -0.25) is 4.57 Å². The van der Waals surface area contributed by atoms with Crippen LogP contribution in [0.1, 0.15) is 17.0 Å². The molecule has 3 nitrogen and oxygen atoms in total. The fourth-order valence-corrected chi connectivity index (χ4v) is 3.75. The van der Waals surface area contributed by atoms with Crippen LogP contribution in [0.25, 0.3) is 16.9 Å². The Labute approximate surface area is 144 Å². The summed E-state index contributed by atoms with van der Waals surface area (Å²) in [5, 5.41) is 0. The van der Waals surface area contributed by atoms with Crippen molar-refractivity contribution in [1.29, 1.82) is 0 Å². The summed E-state index contributed by atoms with van der Waals surface area (Å²) < 4.78 is 4.02. The van der Waals surface area contributed by atoms with E-state index in [0.717, 1.165) is 42.7 Å². The van der Waals surface area contributed by atoms with Crippen LogP contribution in [0, 0.1) is 13.8 Å². The number of benzene rings is 1. The topological polar surface area (TPSA) is 30.7 Å². The normalized spacial score (nSPS) is 11.3. The third-order valence-electron chi connectivity index (χ3n) is 3.33. The summed E-state index contributed by atoms with van der Waals surface area (Å²) in [7, 11) is 0. The standard InChI is InChI=1S/C15H12Br2ClN3/c1-8-3-10(16)4-9(2)14(8)21-13(6-18)20-12-5-11(17)7-19-15(12)21/h3-5,7H,6H2,1-2H3. The van der Waals surface area contributed by atoms with E-state index in [0.29, 0.717) is 5.88 Å². The smallest absolute Gasteiger partial charge is 0.164 e. The minimum absolute atomic E-state index is 0.336. The quantitative estimate of drug-likeness (QED) is 0.518. The van der Waals surface area contributed by atoms with E-state index in [1.807, 2.05) is 10.6 Å². The van der Waals surface area contributed by atoms with Gasteiger partial charge in [0.25, 0.3) is 0 Å². The second-order valence-corrected chi connectivity index (χ2v) is 6.98. The predicted octanol–water partition coefficient (Wildman–Crippen LogP) is 5.30. The molecule has 2 aromatic heterocycles. The molecule has 0 spiro atoms. The predicted molar refractivity (Wildman–Crippen MR) is 93.3 cm³/mol. The van der Waals surface area contributed by atoms with Crippen molar-refractivity contribution in [2.75, 3.05) is 0 Å². The number of rotatable bonds is 2. The van der Waals surface area contributed by atoms with Crippen molar-refractivity contribution in [2.45, 2.75) is 19.7 Å². The number of halogens is 3. The zero-order chi connectivity index (χ0) is 15.1. The molecule has 3 aromatic rings. The second kappa shape index (κ2) is 5.71. The van der Waals surface area contributed by atoms with Gasteiger partial charge in [-0.25, -0.2) is 9.97 Å². The number of aryl methyl sites for hydroxylation is 2. The SMILES string of the molecule is Cc1cc(Br)cc(C)c1-n1c(CCl)nc2cc(Br)cnc21. The summed E-state index contributed by atoms with van der Waals surface area (Å²) in [4.78, 5) is 9.11. The average Bonchev–Trinajstić information content (AvgIpc) is 2.75. The molecule has 0 aliphatic rings. The third kappa shape index (κ3) is 2.62. The largest absolute Gasteiger partial charge is 0.279 e. The molecule has 0 bridgehead atoms. The molecule has 3 rings (SSSR count). The zero-order valence-corrected chi connectivity index (χ0v) is 15.4. The van der Waals surface area contributed by atoms with Gasteiger partial charge in [0.1, 0.15) is 11.3 Å². The van der Waals surface area contributed by atoms with Crippen LogP contribution in [0.5, 0.6) is 0 Å². The van der Waals surface area contributed by atoms with Crippen LogP contribution in [0.4, 0.5) is 0 Å². The lowest BCUT2D eigenvalue weighted by Gasteiger charge is -2.14. The Morgan fingerprint density at radius 2 is 1.76 bits per heavy atom. The lowest BCUT2D eigenvalue weighted by Crippen LogP contribution is -2.05. The molecule has 2 heterocycles. The number of nitrogens with zero attached hydrogens (tertiary/aromatic N) is 3. The molecule has 0 saturated heterocycles. The summed E-state index contributed by atoms with van der Waals surface area (Å²) in [5.74, 6) is 1.13. The second-order valence-electron chi connectivity index (χ2n) is 4.88. The maximum absolute atomic E-state index is 6.10. The van der Waals surface area contributed by atoms with Crippen LogP contribution in [0.15, 0.2) is 33.3 Å². The highest BCUT2D eigenvalue weighted by atomic mass is 79.9. The zero-order valence-electron chi connectivity index (χ0n) is 11.5. The van der Waals surface area contributed by atoms with Gasteiger partial charge in [0, 0.05) is 15.1 Å². The molecule has 21 heavy (non-hydrogen) atoms. The van der Waals surface area contributed by atoms with E-state index >= 15 is 0 Å². The molecule has 0 unspecified atom stereocenters. The molecular formula is C15H12Br2ClN3. The number of hydrogen-bond acceptors (Lipinski definition) is 2. The van der Waals surface area contributed by atoms with E-state index in [1.54, 1.807) is 6.20 Å². The van der Waals surface area contributed by atoms with Gasteiger partial charge in [-0.1, -0.05) is 15.9 Å². The van der Waals surface area contributed by atoms with Gasteiger partial charge in [0.05, 0.1) is 11.6 Å². The van der Waals surface area contributed by atoms with Crippen molar-refractivity contribution in [3.05, 3.63) is 50.3 Å². The molecule has 0 aliphatic heterocycles. The Hall–Kier alpha value is -0.910. The first kappa shape index (κ1) is 15.0. The number of aromatic nitrogens is 3. The Balaban J connectivity index is 2.39. The Morgan fingerprint density at radius 1 is 1.10 bits per heavy atom. The molecule has 0 aliphatic carbocycles. The Bertz CT molecular complexity index is 819. The molecule has 0 amide bonds. The molecule has 0 atom stereocenters.